The van der Waals surface area contributed by atoms with Gasteiger partial charge in [0.15, 0.2) is 0 Å². The predicted octanol–water partition coefficient (Wildman–Crippen LogP) is 8.87. The molecule has 56 heavy (non-hydrogen) atoms. The van der Waals surface area contributed by atoms with Gasteiger partial charge in [0.25, 0.3) is 0 Å². The van der Waals surface area contributed by atoms with E-state index < -0.39 is 35.6 Å². The molecule has 0 spiro atoms. The number of aliphatic hydroxyl groups excluding tert-OH is 2. The highest BCUT2D eigenvalue weighted by Gasteiger charge is 2.43. The van der Waals surface area contributed by atoms with Gasteiger partial charge in [0.2, 0.25) is 0 Å². The number of ether oxygens (including phenoxy) is 4. The first-order valence-corrected chi connectivity index (χ1v) is 19.0. The van der Waals surface area contributed by atoms with Gasteiger partial charge in [-0.05, 0) is 33.4 Å². The highest BCUT2D eigenvalue weighted by Crippen LogP contribution is 2.42. The molecular weight excluding hydrogens is 697 g/mol. The Labute approximate surface area is 330 Å². The number of aliphatic hydroxyl groups is 2. The lowest BCUT2D eigenvalue weighted by molar-refractivity contribution is -0.172. The van der Waals surface area contributed by atoms with E-state index in [9.17, 15) is 10.2 Å². The third-order valence-corrected chi connectivity index (χ3v) is 9.98. The lowest BCUT2D eigenvalue weighted by atomic mass is 9.80. The molecule has 4 atom stereocenters. The maximum absolute atomic E-state index is 12.1. The Morgan fingerprint density at radius 2 is 0.607 bits per heavy atom. The summed E-state index contributed by atoms with van der Waals surface area (Å²) in [5, 5.41) is 24.2. The quantitative estimate of drug-likeness (QED) is 0.0567. The van der Waals surface area contributed by atoms with Crippen LogP contribution in [0.25, 0.3) is 0 Å². The van der Waals surface area contributed by atoms with E-state index >= 15 is 0 Å². The zero-order valence-electron chi connectivity index (χ0n) is 31.6. The van der Waals surface area contributed by atoms with Crippen molar-refractivity contribution in [3.8, 4) is 0 Å². The van der Waals surface area contributed by atoms with Crippen LogP contribution in [-0.4, -0.2) is 61.1 Å². The van der Waals surface area contributed by atoms with E-state index in [2.05, 4.69) is 13.2 Å². The molecule has 2 N–H and O–H groups in total. The van der Waals surface area contributed by atoms with Gasteiger partial charge in [0, 0.05) is 0 Å². The molecular formula is C50H50O6. The van der Waals surface area contributed by atoms with Gasteiger partial charge < -0.3 is 29.2 Å². The molecule has 0 saturated carbocycles. The van der Waals surface area contributed by atoms with Gasteiger partial charge in [-0.15, -0.1) is 13.2 Å². The summed E-state index contributed by atoms with van der Waals surface area (Å²) < 4.78 is 26.5. The molecule has 0 radical (unpaired) electrons. The average molecular weight is 747 g/mol. The lowest BCUT2D eigenvalue weighted by Gasteiger charge is -2.39. The van der Waals surface area contributed by atoms with E-state index in [-0.39, 0.29) is 26.4 Å². The van der Waals surface area contributed by atoms with Gasteiger partial charge >= 0.3 is 0 Å². The Kier molecular flexibility index (Phi) is 14.3. The van der Waals surface area contributed by atoms with Gasteiger partial charge in [-0.3, -0.25) is 0 Å². The third kappa shape index (κ3) is 8.99. The summed E-state index contributed by atoms with van der Waals surface area (Å²) in [6.07, 6.45) is -1.73. The van der Waals surface area contributed by atoms with E-state index in [4.69, 9.17) is 18.9 Å². The Hall–Kier alpha value is -5.44. The first-order valence-electron chi connectivity index (χ1n) is 19.0. The molecule has 0 saturated heterocycles. The van der Waals surface area contributed by atoms with E-state index in [1.807, 2.05) is 182 Å². The summed E-state index contributed by atoms with van der Waals surface area (Å²) in [7, 11) is 0. The molecule has 6 aromatic rings. The molecule has 0 aliphatic rings. The van der Waals surface area contributed by atoms with Crippen LogP contribution in [0.5, 0.6) is 0 Å². The fourth-order valence-electron chi connectivity index (χ4n) is 7.27. The topological polar surface area (TPSA) is 77.4 Å². The molecule has 0 unspecified atom stereocenters. The van der Waals surface area contributed by atoms with Crippen molar-refractivity contribution in [3.05, 3.63) is 241 Å². The molecule has 0 heterocycles. The first-order chi connectivity index (χ1) is 27.5. The second kappa shape index (κ2) is 19.9. The van der Waals surface area contributed by atoms with Crippen LogP contribution in [0.15, 0.2) is 207 Å². The second-order valence-corrected chi connectivity index (χ2v) is 13.5. The molecule has 6 aromatic carbocycles. The minimum absolute atomic E-state index is 0.0955. The lowest BCUT2D eigenvalue weighted by Crippen LogP contribution is -2.51. The number of hydrogen-bond donors (Lipinski definition) is 2. The van der Waals surface area contributed by atoms with E-state index in [1.54, 1.807) is 12.2 Å². The number of benzene rings is 6. The monoisotopic (exact) mass is 746 g/mol. The molecule has 0 aromatic heterocycles. The van der Waals surface area contributed by atoms with Crippen LogP contribution in [-0.2, 0) is 30.1 Å². The van der Waals surface area contributed by atoms with Crippen LogP contribution in [0.2, 0.25) is 0 Å². The Morgan fingerprint density at radius 1 is 0.393 bits per heavy atom. The number of rotatable bonds is 21. The van der Waals surface area contributed by atoms with Gasteiger partial charge in [0.1, 0.15) is 35.6 Å². The van der Waals surface area contributed by atoms with Crippen molar-refractivity contribution in [1.29, 1.82) is 0 Å². The van der Waals surface area contributed by atoms with Crippen molar-refractivity contribution >= 4 is 0 Å². The summed E-state index contributed by atoms with van der Waals surface area (Å²) in [5.74, 6) is 0. The summed E-state index contributed by atoms with van der Waals surface area (Å²) >= 11 is 0. The Morgan fingerprint density at radius 3 is 0.804 bits per heavy atom. The van der Waals surface area contributed by atoms with Crippen molar-refractivity contribution in [3.63, 3.8) is 0 Å². The normalized spacial score (nSPS) is 14.0. The van der Waals surface area contributed by atoms with Crippen molar-refractivity contribution < 1.29 is 29.2 Å². The van der Waals surface area contributed by atoms with E-state index in [0.29, 0.717) is 0 Å². The largest absolute Gasteiger partial charge is 0.388 e. The van der Waals surface area contributed by atoms with Crippen LogP contribution >= 0.6 is 0 Å². The first kappa shape index (κ1) is 40.2. The third-order valence-electron chi connectivity index (χ3n) is 9.98. The molecule has 0 fully saturated rings. The predicted molar refractivity (Wildman–Crippen MR) is 222 cm³/mol. The van der Waals surface area contributed by atoms with Crippen LogP contribution < -0.4 is 0 Å². The van der Waals surface area contributed by atoms with Gasteiger partial charge in [-0.1, -0.05) is 194 Å². The van der Waals surface area contributed by atoms with Crippen molar-refractivity contribution in [1.82, 2.24) is 0 Å². The molecule has 0 bridgehead atoms. The van der Waals surface area contributed by atoms with E-state index in [0.717, 1.165) is 33.4 Å². The standard InChI is InChI=1S/C50H50O6/c1-3-35-53-45(37-55-49(39-23-11-5-12-24-39,40-25-13-6-14-26-40)41-27-15-7-16-28-41)47(51)48(52)46(54-36-4-2)38-56-50(42-29-17-8-18-30-42,43-31-19-9-20-32-43)44-33-21-10-22-34-44/h3-34,45-48,51-52H,1-2,35-38H2/t45-,46-,47-,48-/m1/s1. The summed E-state index contributed by atoms with van der Waals surface area (Å²) in [4.78, 5) is 0. The van der Waals surface area contributed by atoms with Crippen LogP contribution in [0.1, 0.15) is 33.4 Å². The Bertz CT molecular complexity index is 1680. The highest BCUT2D eigenvalue weighted by atomic mass is 16.6. The van der Waals surface area contributed by atoms with Crippen LogP contribution in [0.4, 0.5) is 0 Å². The zero-order valence-corrected chi connectivity index (χ0v) is 31.6. The maximum atomic E-state index is 12.1. The summed E-state index contributed by atoms with van der Waals surface area (Å²) in [6.45, 7) is 7.72. The molecule has 0 aliphatic heterocycles. The molecule has 0 aliphatic carbocycles. The minimum atomic E-state index is -1.46. The van der Waals surface area contributed by atoms with Crippen LogP contribution in [0.3, 0.4) is 0 Å². The van der Waals surface area contributed by atoms with Gasteiger partial charge in [-0.2, -0.15) is 0 Å². The van der Waals surface area contributed by atoms with Crippen molar-refractivity contribution in [2.24, 2.45) is 0 Å². The van der Waals surface area contributed by atoms with Gasteiger partial charge in [0.05, 0.1) is 26.4 Å². The Balaban J connectivity index is 1.35. The summed E-state index contributed by atoms with van der Waals surface area (Å²) in [6, 6.07) is 59.9. The average Bonchev–Trinajstić information content (AvgIpc) is 3.28. The van der Waals surface area contributed by atoms with Gasteiger partial charge in [-0.25, -0.2) is 0 Å². The highest BCUT2D eigenvalue weighted by molar-refractivity contribution is 5.49. The molecule has 286 valence electrons. The SMILES string of the molecule is C=CCO[C@H](COC(c1ccccc1)(c1ccccc1)c1ccccc1)[C@@H](O)[C@H](O)[C@@H](COC(c1ccccc1)(c1ccccc1)c1ccccc1)OCC=C. The number of hydrogen-bond acceptors (Lipinski definition) is 6. The van der Waals surface area contributed by atoms with E-state index in [1.165, 1.54) is 0 Å². The zero-order chi connectivity index (χ0) is 39.1. The smallest absolute Gasteiger partial charge is 0.143 e. The molecule has 0 amide bonds. The molecule has 6 rings (SSSR count). The molecule has 6 nitrogen and oxygen atoms in total. The fourth-order valence-corrected chi connectivity index (χ4v) is 7.27. The second-order valence-electron chi connectivity index (χ2n) is 13.5. The minimum Gasteiger partial charge on any atom is -0.388 e. The van der Waals surface area contributed by atoms with Crippen LogP contribution in [0, 0.1) is 0 Å². The molecule has 6 heteroatoms. The summed E-state index contributed by atoms with van der Waals surface area (Å²) in [5.41, 5.74) is 3.23. The van der Waals surface area contributed by atoms with Crippen molar-refractivity contribution in [2.75, 3.05) is 26.4 Å². The maximum Gasteiger partial charge on any atom is 0.143 e. The fraction of sp³-hybridized carbons (Fsp3) is 0.200. The van der Waals surface area contributed by atoms with Crippen molar-refractivity contribution in [2.45, 2.75) is 35.6 Å².